The van der Waals surface area contributed by atoms with Crippen molar-refractivity contribution in [1.29, 1.82) is 0 Å². The van der Waals surface area contributed by atoms with Crippen molar-refractivity contribution in [3.63, 3.8) is 0 Å². The fraction of sp³-hybridized carbons (Fsp3) is 0.385. The van der Waals surface area contributed by atoms with E-state index in [-0.39, 0.29) is 30.9 Å². The molecule has 0 aliphatic rings. The van der Waals surface area contributed by atoms with Crippen LogP contribution in [0.15, 0.2) is 18.2 Å². The van der Waals surface area contributed by atoms with E-state index in [1.54, 1.807) is 6.07 Å². The highest BCUT2D eigenvalue weighted by Gasteiger charge is 2.15. The van der Waals surface area contributed by atoms with E-state index in [0.29, 0.717) is 12.0 Å². The molecule has 0 spiro atoms. The van der Waals surface area contributed by atoms with E-state index in [2.05, 4.69) is 10.6 Å². The Labute approximate surface area is 126 Å². The van der Waals surface area contributed by atoms with Crippen LogP contribution < -0.4 is 15.4 Å². The van der Waals surface area contributed by atoms with Crippen LogP contribution in [-0.2, 0) is 11.3 Å². The monoisotopic (exact) mass is 311 g/mol. The van der Waals surface area contributed by atoms with Crippen molar-refractivity contribution in [2.24, 2.45) is 0 Å². The smallest absolute Gasteiger partial charge is 0.315 e. The number of amides is 2. The minimum absolute atomic E-state index is 0.0229. The summed E-state index contributed by atoms with van der Waals surface area (Å²) < 4.78 is 4.88. The molecule has 0 aromatic heterocycles. The number of nitro groups is 1. The average molecular weight is 311 g/mol. The summed E-state index contributed by atoms with van der Waals surface area (Å²) in [7, 11) is 1.34. The predicted molar refractivity (Wildman–Crippen MR) is 76.8 cm³/mol. The molecule has 0 saturated carbocycles. The number of nitrogens with one attached hydrogen (secondary N) is 2. The molecule has 0 bridgehead atoms. The van der Waals surface area contributed by atoms with Gasteiger partial charge < -0.3 is 20.5 Å². The fourth-order valence-electron chi connectivity index (χ4n) is 1.67. The van der Waals surface area contributed by atoms with Crippen molar-refractivity contribution >= 4 is 17.7 Å². The lowest BCUT2D eigenvalue weighted by Crippen LogP contribution is -2.35. The second-order valence-electron chi connectivity index (χ2n) is 4.37. The highest BCUT2D eigenvalue weighted by molar-refractivity contribution is 5.74. The summed E-state index contributed by atoms with van der Waals surface area (Å²) in [5, 5.41) is 24.4. The molecule has 1 aromatic rings. The minimum atomic E-state index is -0.923. The van der Waals surface area contributed by atoms with Crippen LogP contribution >= 0.6 is 0 Å². The van der Waals surface area contributed by atoms with Gasteiger partial charge in [-0.3, -0.25) is 14.9 Å². The van der Waals surface area contributed by atoms with E-state index >= 15 is 0 Å². The van der Waals surface area contributed by atoms with E-state index in [4.69, 9.17) is 9.84 Å². The Morgan fingerprint density at radius 2 is 2.09 bits per heavy atom. The molecule has 0 unspecified atom stereocenters. The molecule has 0 heterocycles. The van der Waals surface area contributed by atoms with Gasteiger partial charge in [-0.05, 0) is 18.1 Å². The fourth-order valence-corrected chi connectivity index (χ4v) is 1.67. The first-order valence-corrected chi connectivity index (χ1v) is 6.49. The van der Waals surface area contributed by atoms with Gasteiger partial charge in [0.25, 0.3) is 0 Å². The van der Waals surface area contributed by atoms with Crippen LogP contribution in [0, 0.1) is 10.1 Å². The third kappa shape index (κ3) is 5.65. The number of nitrogens with zero attached hydrogens (tertiary/aromatic N) is 1. The summed E-state index contributed by atoms with van der Waals surface area (Å²) in [5.41, 5.74) is 0.372. The van der Waals surface area contributed by atoms with Gasteiger partial charge in [0, 0.05) is 25.6 Å². The molecule has 0 saturated heterocycles. The number of carbonyl (C=O) groups excluding carboxylic acids is 1. The Balaban J connectivity index is 2.47. The second kappa shape index (κ2) is 8.45. The van der Waals surface area contributed by atoms with Gasteiger partial charge in [0.2, 0.25) is 0 Å². The number of nitro benzene ring substituents is 1. The summed E-state index contributed by atoms with van der Waals surface area (Å²) in [4.78, 5) is 32.1. The maximum absolute atomic E-state index is 11.5. The molecule has 9 nitrogen and oxygen atoms in total. The number of rotatable bonds is 8. The molecule has 0 aliphatic carbocycles. The van der Waals surface area contributed by atoms with Crippen molar-refractivity contribution in [3.05, 3.63) is 33.9 Å². The first kappa shape index (κ1) is 17.2. The first-order valence-electron chi connectivity index (χ1n) is 6.49. The molecule has 120 valence electrons. The molecule has 0 aliphatic heterocycles. The lowest BCUT2D eigenvalue weighted by atomic mass is 10.2. The molecule has 3 N–H and O–H groups in total. The van der Waals surface area contributed by atoms with Crippen LogP contribution in [0.25, 0.3) is 0 Å². The van der Waals surface area contributed by atoms with Gasteiger partial charge >= 0.3 is 17.7 Å². The average Bonchev–Trinajstić information content (AvgIpc) is 2.49. The molecule has 1 rings (SSSR count). The van der Waals surface area contributed by atoms with Gasteiger partial charge in [-0.2, -0.15) is 0 Å². The lowest BCUT2D eigenvalue weighted by Gasteiger charge is -2.08. The highest BCUT2D eigenvalue weighted by atomic mass is 16.6. The zero-order valence-corrected chi connectivity index (χ0v) is 12.0. The molecule has 1 aromatic carbocycles. The summed E-state index contributed by atoms with van der Waals surface area (Å²) in [6.07, 6.45) is 0.307. The highest BCUT2D eigenvalue weighted by Crippen LogP contribution is 2.27. The third-order valence-corrected chi connectivity index (χ3v) is 2.75. The Hall–Kier alpha value is -2.84. The second-order valence-corrected chi connectivity index (χ2v) is 4.37. The molecule has 9 heteroatoms. The largest absolute Gasteiger partial charge is 0.490 e. The molecule has 0 atom stereocenters. The van der Waals surface area contributed by atoms with Crippen LogP contribution in [0.4, 0.5) is 10.5 Å². The summed E-state index contributed by atoms with van der Waals surface area (Å²) >= 11 is 0. The Morgan fingerprint density at radius 1 is 1.36 bits per heavy atom. The summed E-state index contributed by atoms with van der Waals surface area (Å²) in [5.74, 6) is -0.778. The van der Waals surface area contributed by atoms with Crippen molar-refractivity contribution in [2.45, 2.75) is 19.4 Å². The number of urea groups is 1. The molecule has 0 radical (unpaired) electrons. The maximum Gasteiger partial charge on any atom is 0.315 e. The molecule has 0 fully saturated rings. The topological polar surface area (TPSA) is 131 Å². The van der Waals surface area contributed by atoms with E-state index in [0.717, 1.165) is 0 Å². The summed E-state index contributed by atoms with van der Waals surface area (Å²) in [6.45, 7) is 0.344. The van der Waals surface area contributed by atoms with Gasteiger partial charge in [-0.15, -0.1) is 0 Å². The van der Waals surface area contributed by atoms with Crippen molar-refractivity contribution in [3.8, 4) is 5.75 Å². The molecule has 2 amide bonds. The van der Waals surface area contributed by atoms with Gasteiger partial charge in [0.05, 0.1) is 12.0 Å². The number of carboxylic acid groups (broad SMARTS) is 1. The van der Waals surface area contributed by atoms with Gasteiger partial charge in [0.15, 0.2) is 5.75 Å². The van der Waals surface area contributed by atoms with Crippen LogP contribution in [0.5, 0.6) is 5.75 Å². The van der Waals surface area contributed by atoms with E-state index in [1.165, 1.54) is 19.2 Å². The zero-order chi connectivity index (χ0) is 16.5. The number of methoxy groups -OCH3 is 1. The van der Waals surface area contributed by atoms with E-state index in [1.807, 2.05) is 0 Å². The Bertz CT molecular complexity index is 561. The van der Waals surface area contributed by atoms with Gasteiger partial charge in [-0.1, -0.05) is 6.07 Å². The standard InChI is InChI=1S/C13H17N3O6/c1-22-11-5-4-9(7-10(11)16(20)21)8-15-13(19)14-6-2-3-12(17)18/h4-5,7H,2-3,6,8H2,1H3,(H,17,18)(H2,14,15,19). The number of aliphatic carboxylic acids is 1. The summed E-state index contributed by atoms with van der Waals surface area (Å²) in [6, 6.07) is 3.92. The number of hydrogen-bond donors (Lipinski definition) is 3. The van der Waals surface area contributed by atoms with E-state index < -0.39 is 16.9 Å². The Kier molecular flexibility index (Phi) is 6.61. The third-order valence-electron chi connectivity index (χ3n) is 2.75. The first-order chi connectivity index (χ1) is 10.4. The van der Waals surface area contributed by atoms with Crippen LogP contribution in [0.2, 0.25) is 0 Å². The lowest BCUT2D eigenvalue weighted by molar-refractivity contribution is -0.385. The van der Waals surface area contributed by atoms with E-state index in [9.17, 15) is 19.7 Å². The van der Waals surface area contributed by atoms with Crippen molar-refractivity contribution in [1.82, 2.24) is 10.6 Å². The van der Waals surface area contributed by atoms with Crippen LogP contribution in [0.3, 0.4) is 0 Å². The van der Waals surface area contributed by atoms with Crippen LogP contribution in [0.1, 0.15) is 18.4 Å². The molecule has 22 heavy (non-hydrogen) atoms. The SMILES string of the molecule is COc1ccc(CNC(=O)NCCCC(=O)O)cc1[N+](=O)[O-]. The predicted octanol–water partition coefficient (Wildman–Crippen LogP) is 1.27. The molecular weight excluding hydrogens is 294 g/mol. The van der Waals surface area contributed by atoms with Crippen LogP contribution in [-0.4, -0.2) is 35.7 Å². The number of ether oxygens (including phenoxy) is 1. The maximum atomic E-state index is 11.5. The number of carbonyl (C=O) groups is 2. The molecular formula is C13H17N3O6. The number of hydrogen-bond acceptors (Lipinski definition) is 5. The quantitative estimate of drug-likeness (QED) is 0.376. The normalized spacial score (nSPS) is 9.86. The van der Waals surface area contributed by atoms with Gasteiger partial charge in [-0.25, -0.2) is 4.79 Å². The minimum Gasteiger partial charge on any atom is -0.490 e. The zero-order valence-electron chi connectivity index (χ0n) is 12.0. The Morgan fingerprint density at radius 3 is 2.68 bits per heavy atom. The van der Waals surface area contributed by atoms with Crippen molar-refractivity contribution < 1.29 is 24.4 Å². The van der Waals surface area contributed by atoms with Gasteiger partial charge in [0.1, 0.15) is 0 Å². The number of carboxylic acids is 1. The number of benzene rings is 1. The van der Waals surface area contributed by atoms with Crippen molar-refractivity contribution in [2.75, 3.05) is 13.7 Å².